The van der Waals surface area contributed by atoms with E-state index in [2.05, 4.69) is 200 Å². The summed E-state index contributed by atoms with van der Waals surface area (Å²) in [6.45, 7) is 0. The summed E-state index contributed by atoms with van der Waals surface area (Å²) in [6, 6.07) is 72.3. The molecule has 0 spiro atoms. The molecule has 0 unspecified atom stereocenters. The van der Waals surface area contributed by atoms with Crippen LogP contribution >= 0.6 is 0 Å². The zero-order valence-corrected chi connectivity index (χ0v) is 28.5. The molecule has 0 bridgehead atoms. The van der Waals surface area contributed by atoms with Gasteiger partial charge in [0.1, 0.15) is 0 Å². The maximum Gasteiger partial charge on any atom is 0.0722 e. The second kappa shape index (κ2) is 12.5. The second-order valence-electron chi connectivity index (χ2n) is 13.5. The normalized spacial score (nSPS) is 11.5. The minimum absolute atomic E-state index is 0.964. The van der Waals surface area contributed by atoms with E-state index >= 15 is 0 Å². The molecule has 0 amide bonds. The van der Waals surface area contributed by atoms with Crippen LogP contribution in [-0.2, 0) is 0 Å². The molecule has 1 nitrogen and oxygen atoms in total. The summed E-state index contributed by atoms with van der Waals surface area (Å²) in [5.74, 6) is 0. The first-order chi connectivity index (χ1) is 25.8. The number of pyridine rings is 1. The maximum absolute atomic E-state index is 5.30. The molecule has 0 aliphatic heterocycles. The van der Waals surface area contributed by atoms with Gasteiger partial charge in [0.2, 0.25) is 0 Å². The third-order valence-electron chi connectivity index (χ3n) is 10.4. The van der Waals surface area contributed by atoms with Crippen molar-refractivity contribution in [3.05, 3.63) is 200 Å². The minimum atomic E-state index is 0.964. The first-order valence-electron chi connectivity index (χ1n) is 17.9. The minimum Gasteiger partial charge on any atom is -0.248 e. The van der Waals surface area contributed by atoms with Gasteiger partial charge in [-0.25, -0.2) is 4.98 Å². The van der Waals surface area contributed by atoms with E-state index in [9.17, 15) is 0 Å². The van der Waals surface area contributed by atoms with Gasteiger partial charge >= 0.3 is 0 Å². The first-order valence-corrected chi connectivity index (χ1v) is 17.9. The van der Waals surface area contributed by atoms with Gasteiger partial charge in [-0.15, -0.1) is 0 Å². The van der Waals surface area contributed by atoms with Crippen molar-refractivity contribution in [3.8, 4) is 55.8 Å². The summed E-state index contributed by atoms with van der Waals surface area (Å²) in [5, 5.41) is 8.64. The Labute approximate surface area is 303 Å². The molecule has 0 radical (unpaired) electrons. The van der Waals surface area contributed by atoms with Gasteiger partial charge in [0.05, 0.1) is 11.2 Å². The molecule has 10 rings (SSSR count). The summed E-state index contributed by atoms with van der Waals surface area (Å²) >= 11 is 0. The standard InChI is InChI=1S/C51H33N/c1-4-15-34(16-5-1)45-33-48(52-47-30-28-35-17-10-11-24-41(35)51(45)47)40-23-14-22-38(31-40)39-27-29-44-46(32-39)50(37-20-8-3-9-21-37)43-26-13-12-25-42(43)49(44)36-18-6-2-7-19-36/h1-33H. The Morgan fingerprint density at radius 1 is 0.288 bits per heavy atom. The molecule has 1 heteroatoms. The molecule has 52 heavy (non-hydrogen) atoms. The fourth-order valence-corrected chi connectivity index (χ4v) is 8.05. The van der Waals surface area contributed by atoms with E-state index in [-0.39, 0.29) is 0 Å². The quantitative estimate of drug-likeness (QED) is 0.132. The number of aromatic nitrogens is 1. The van der Waals surface area contributed by atoms with E-state index in [1.54, 1.807) is 0 Å². The monoisotopic (exact) mass is 659 g/mol. The Bertz CT molecular complexity index is 2930. The lowest BCUT2D eigenvalue weighted by Crippen LogP contribution is -1.92. The molecule has 1 aromatic heterocycles. The van der Waals surface area contributed by atoms with Gasteiger partial charge < -0.3 is 0 Å². The zero-order chi connectivity index (χ0) is 34.4. The van der Waals surface area contributed by atoms with E-state index in [4.69, 9.17) is 4.98 Å². The van der Waals surface area contributed by atoms with Gasteiger partial charge in [-0.3, -0.25) is 0 Å². The molecule has 1 heterocycles. The SMILES string of the molecule is c1ccc(-c2c3ccccc3c(-c3ccccc3)c3cc(-c4cccc(-c5cc(-c6ccccc6)c6c(ccc7ccccc76)n5)c4)ccc23)cc1. The number of fused-ring (bicyclic) bond motifs is 5. The molecule has 9 aromatic carbocycles. The number of hydrogen-bond acceptors (Lipinski definition) is 1. The number of benzene rings is 9. The van der Waals surface area contributed by atoms with E-state index in [0.29, 0.717) is 0 Å². The van der Waals surface area contributed by atoms with Gasteiger partial charge in [0.15, 0.2) is 0 Å². The molecule has 242 valence electrons. The fourth-order valence-electron chi connectivity index (χ4n) is 8.05. The molecule has 0 fully saturated rings. The summed E-state index contributed by atoms with van der Waals surface area (Å²) in [6.07, 6.45) is 0. The fraction of sp³-hybridized carbons (Fsp3) is 0. The molecule has 0 atom stereocenters. The van der Waals surface area contributed by atoms with E-state index < -0.39 is 0 Å². The van der Waals surface area contributed by atoms with Gasteiger partial charge in [-0.05, 0) is 101 Å². The van der Waals surface area contributed by atoms with Crippen molar-refractivity contribution in [3.63, 3.8) is 0 Å². The molecule has 10 aromatic rings. The van der Waals surface area contributed by atoms with Gasteiger partial charge in [0, 0.05) is 10.9 Å². The van der Waals surface area contributed by atoms with Crippen LogP contribution in [0.25, 0.3) is 99.0 Å². The van der Waals surface area contributed by atoms with Gasteiger partial charge in [0.25, 0.3) is 0 Å². The average molecular weight is 660 g/mol. The average Bonchev–Trinajstić information content (AvgIpc) is 3.23. The van der Waals surface area contributed by atoms with Crippen LogP contribution in [0.4, 0.5) is 0 Å². The molecular formula is C51H33N. The van der Waals surface area contributed by atoms with Crippen LogP contribution < -0.4 is 0 Å². The zero-order valence-electron chi connectivity index (χ0n) is 28.5. The molecule has 0 saturated heterocycles. The molecular weight excluding hydrogens is 627 g/mol. The Hall–Kier alpha value is -6.83. The summed E-state index contributed by atoms with van der Waals surface area (Å²) in [7, 11) is 0. The Kier molecular flexibility index (Phi) is 7.22. The van der Waals surface area contributed by atoms with Crippen molar-refractivity contribution in [2.45, 2.75) is 0 Å². The van der Waals surface area contributed by atoms with Crippen LogP contribution in [0.2, 0.25) is 0 Å². The highest BCUT2D eigenvalue weighted by Gasteiger charge is 2.18. The predicted molar refractivity (Wildman–Crippen MR) is 221 cm³/mol. The Morgan fingerprint density at radius 2 is 0.808 bits per heavy atom. The molecule has 0 aliphatic rings. The van der Waals surface area contributed by atoms with Crippen LogP contribution in [0, 0.1) is 0 Å². The highest BCUT2D eigenvalue weighted by atomic mass is 14.7. The van der Waals surface area contributed by atoms with Crippen LogP contribution in [0.5, 0.6) is 0 Å². The molecule has 0 N–H and O–H groups in total. The molecule has 0 saturated carbocycles. The van der Waals surface area contributed by atoms with Crippen molar-refractivity contribution in [1.82, 2.24) is 4.98 Å². The predicted octanol–water partition coefficient (Wildman–Crippen LogP) is 14.0. The van der Waals surface area contributed by atoms with E-state index in [0.717, 1.165) is 22.3 Å². The molecule has 0 aliphatic carbocycles. The van der Waals surface area contributed by atoms with E-state index in [1.165, 1.54) is 76.6 Å². The summed E-state index contributed by atoms with van der Waals surface area (Å²) in [4.78, 5) is 5.30. The van der Waals surface area contributed by atoms with Gasteiger partial charge in [-0.2, -0.15) is 0 Å². The lowest BCUT2D eigenvalue weighted by atomic mass is 9.85. The van der Waals surface area contributed by atoms with Crippen LogP contribution in [0.15, 0.2) is 200 Å². The summed E-state index contributed by atoms with van der Waals surface area (Å²) in [5.41, 5.74) is 12.8. The van der Waals surface area contributed by atoms with Crippen molar-refractivity contribution < 1.29 is 0 Å². The topological polar surface area (TPSA) is 12.9 Å². The Balaban J connectivity index is 1.19. The third-order valence-corrected chi connectivity index (χ3v) is 10.4. The number of hydrogen-bond donors (Lipinski definition) is 0. The Morgan fingerprint density at radius 3 is 1.50 bits per heavy atom. The highest BCUT2D eigenvalue weighted by molar-refractivity contribution is 6.22. The van der Waals surface area contributed by atoms with Crippen molar-refractivity contribution in [2.75, 3.05) is 0 Å². The van der Waals surface area contributed by atoms with Crippen molar-refractivity contribution >= 4 is 43.2 Å². The number of rotatable bonds is 5. The number of nitrogens with zero attached hydrogens (tertiary/aromatic N) is 1. The smallest absolute Gasteiger partial charge is 0.0722 e. The lowest BCUT2D eigenvalue weighted by Gasteiger charge is -2.19. The maximum atomic E-state index is 5.30. The van der Waals surface area contributed by atoms with Crippen LogP contribution in [0.1, 0.15) is 0 Å². The largest absolute Gasteiger partial charge is 0.248 e. The van der Waals surface area contributed by atoms with Crippen LogP contribution in [-0.4, -0.2) is 4.98 Å². The third kappa shape index (κ3) is 5.06. The highest BCUT2D eigenvalue weighted by Crippen LogP contribution is 2.45. The second-order valence-corrected chi connectivity index (χ2v) is 13.5. The van der Waals surface area contributed by atoms with Crippen molar-refractivity contribution in [1.29, 1.82) is 0 Å². The van der Waals surface area contributed by atoms with E-state index in [1.807, 2.05) is 0 Å². The summed E-state index contributed by atoms with van der Waals surface area (Å²) < 4.78 is 0. The lowest BCUT2D eigenvalue weighted by molar-refractivity contribution is 1.40. The first kappa shape index (κ1) is 30.0. The van der Waals surface area contributed by atoms with Crippen LogP contribution in [0.3, 0.4) is 0 Å². The van der Waals surface area contributed by atoms with Crippen molar-refractivity contribution in [2.24, 2.45) is 0 Å². The van der Waals surface area contributed by atoms with Gasteiger partial charge in [-0.1, -0.05) is 176 Å².